The van der Waals surface area contributed by atoms with E-state index in [0.717, 1.165) is 5.56 Å². The number of thioether (sulfide) groups is 1. The van der Waals surface area contributed by atoms with E-state index in [0.29, 0.717) is 9.92 Å². The zero-order valence-corrected chi connectivity index (χ0v) is 8.78. The molecule has 0 heterocycles. The van der Waals surface area contributed by atoms with Crippen LogP contribution in [0, 0.1) is 17.0 Å². The van der Waals surface area contributed by atoms with Gasteiger partial charge in [0.2, 0.25) is 0 Å². The van der Waals surface area contributed by atoms with E-state index in [-0.39, 0.29) is 5.69 Å². The summed E-state index contributed by atoms with van der Waals surface area (Å²) in [6, 6.07) is 2.98. The maximum absolute atomic E-state index is 10.6. The lowest BCUT2D eigenvalue weighted by Gasteiger charge is -2.04. The predicted octanol–water partition coefficient (Wildman–Crippen LogP) is 3.28. The maximum Gasteiger partial charge on any atom is 0.283 e. The molecule has 0 unspecified atom stereocenters. The van der Waals surface area contributed by atoms with Gasteiger partial charge in [0.1, 0.15) is 0 Å². The van der Waals surface area contributed by atoms with Gasteiger partial charge in [-0.25, -0.2) is 0 Å². The van der Waals surface area contributed by atoms with Crippen molar-refractivity contribution in [2.45, 2.75) is 11.8 Å². The lowest BCUT2D eigenvalue weighted by molar-refractivity contribution is -0.387. The van der Waals surface area contributed by atoms with E-state index < -0.39 is 4.92 Å². The summed E-state index contributed by atoms with van der Waals surface area (Å²) < 4.78 is 0. The highest BCUT2D eigenvalue weighted by Gasteiger charge is 2.16. The molecule has 1 aromatic carbocycles. The van der Waals surface area contributed by atoms with E-state index in [1.54, 1.807) is 19.2 Å². The molecule has 0 aliphatic rings. The van der Waals surface area contributed by atoms with Gasteiger partial charge in [-0.1, -0.05) is 11.6 Å². The van der Waals surface area contributed by atoms with Gasteiger partial charge in [-0.2, -0.15) is 0 Å². The van der Waals surface area contributed by atoms with Crippen LogP contribution in [0.5, 0.6) is 0 Å². The number of benzene rings is 1. The molecule has 0 amide bonds. The van der Waals surface area contributed by atoms with Crippen LogP contribution in [0.1, 0.15) is 5.56 Å². The van der Waals surface area contributed by atoms with Crippen LogP contribution in [0.25, 0.3) is 0 Å². The van der Waals surface area contributed by atoms with Crippen molar-refractivity contribution >= 4 is 29.1 Å². The van der Waals surface area contributed by atoms with Crippen LogP contribution in [0.3, 0.4) is 0 Å². The number of nitro groups is 1. The van der Waals surface area contributed by atoms with Gasteiger partial charge < -0.3 is 0 Å². The number of nitro benzene ring substituents is 1. The molecule has 0 aromatic heterocycles. The van der Waals surface area contributed by atoms with E-state index in [1.807, 2.05) is 0 Å². The molecule has 0 saturated carbocycles. The van der Waals surface area contributed by atoms with Crippen molar-refractivity contribution in [1.29, 1.82) is 0 Å². The molecule has 0 fully saturated rings. The molecule has 0 N–H and O–H groups in total. The van der Waals surface area contributed by atoms with Gasteiger partial charge in [-0.3, -0.25) is 10.1 Å². The number of halogens is 1. The van der Waals surface area contributed by atoms with Crippen molar-refractivity contribution in [3.63, 3.8) is 0 Å². The quantitative estimate of drug-likeness (QED) is 0.434. The van der Waals surface area contributed by atoms with Crippen molar-refractivity contribution in [2.24, 2.45) is 0 Å². The normalized spacial score (nSPS) is 10.1. The molecule has 70 valence electrons. The Morgan fingerprint density at radius 3 is 2.62 bits per heavy atom. The molecule has 5 heteroatoms. The minimum atomic E-state index is -0.394. The Morgan fingerprint density at radius 1 is 1.54 bits per heavy atom. The first-order valence-electron chi connectivity index (χ1n) is 3.55. The summed E-state index contributed by atoms with van der Waals surface area (Å²) >= 11 is 7.17. The molecule has 0 aliphatic carbocycles. The van der Waals surface area contributed by atoms with Gasteiger partial charge in [-0.05, 0) is 24.8 Å². The highest BCUT2D eigenvalue weighted by atomic mass is 35.5. The molecular weight excluding hydrogens is 210 g/mol. The van der Waals surface area contributed by atoms with Crippen LogP contribution < -0.4 is 0 Å². The van der Waals surface area contributed by atoms with Gasteiger partial charge in [-0.15, -0.1) is 11.8 Å². The van der Waals surface area contributed by atoms with E-state index in [2.05, 4.69) is 0 Å². The third-order valence-corrected chi connectivity index (χ3v) is 3.05. The Balaban J connectivity index is 3.38. The second kappa shape index (κ2) is 3.98. The summed E-state index contributed by atoms with van der Waals surface area (Å²) in [7, 11) is 0. The second-order valence-corrected chi connectivity index (χ2v) is 3.71. The maximum atomic E-state index is 10.6. The molecule has 0 aliphatic heterocycles. The number of hydrogen-bond acceptors (Lipinski definition) is 3. The van der Waals surface area contributed by atoms with Crippen LogP contribution in [0.15, 0.2) is 17.0 Å². The smallest absolute Gasteiger partial charge is 0.258 e. The SMILES string of the molecule is CSc1c([N+](=O)[O-])ccc(Cl)c1C. The largest absolute Gasteiger partial charge is 0.283 e. The molecule has 1 rings (SSSR count). The topological polar surface area (TPSA) is 43.1 Å². The molecule has 0 saturated heterocycles. The third-order valence-electron chi connectivity index (χ3n) is 1.72. The van der Waals surface area contributed by atoms with Crippen molar-refractivity contribution in [3.05, 3.63) is 32.8 Å². The summed E-state index contributed by atoms with van der Waals surface area (Å²) in [5, 5.41) is 11.2. The molecule has 1 aromatic rings. The van der Waals surface area contributed by atoms with Gasteiger partial charge in [0, 0.05) is 11.1 Å². The summed E-state index contributed by atoms with van der Waals surface area (Å²) in [4.78, 5) is 10.8. The highest BCUT2D eigenvalue weighted by Crippen LogP contribution is 2.34. The first-order chi connectivity index (χ1) is 6.07. The van der Waals surface area contributed by atoms with Crippen molar-refractivity contribution in [3.8, 4) is 0 Å². The molecule has 3 nitrogen and oxygen atoms in total. The summed E-state index contributed by atoms with van der Waals surface area (Å²) in [6.07, 6.45) is 1.80. The molecular formula is C8H8ClNO2S. The number of rotatable bonds is 2. The van der Waals surface area contributed by atoms with Gasteiger partial charge in [0.05, 0.1) is 9.82 Å². The first-order valence-corrected chi connectivity index (χ1v) is 5.15. The van der Waals surface area contributed by atoms with E-state index in [9.17, 15) is 10.1 Å². The molecule has 0 spiro atoms. The zero-order chi connectivity index (χ0) is 10.0. The molecule has 0 bridgehead atoms. The zero-order valence-electron chi connectivity index (χ0n) is 7.20. The average molecular weight is 218 g/mol. The Bertz CT molecular complexity index is 354. The average Bonchev–Trinajstić information content (AvgIpc) is 2.09. The standard InChI is InChI=1S/C8H8ClNO2S/c1-5-6(9)3-4-7(10(11)12)8(5)13-2/h3-4H,1-2H3. The van der Waals surface area contributed by atoms with Crippen molar-refractivity contribution in [2.75, 3.05) is 6.26 Å². The fraction of sp³-hybridized carbons (Fsp3) is 0.250. The van der Waals surface area contributed by atoms with Crippen molar-refractivity contribution in [1.82, 2.24) is 0 Å². The van der Waals surface area contributed by atoms with E-state index >= 15 is 0 Å². The Hall–Kier alpha value is -0.740. The molecule has 0 atom stereocenters. The minimum absolute atomic E-state index is 0.120. The third kappa shape index (κ3) is 1.95. The lowest BCUT2D eigenvalue weighted by atomic mass is 10.2. The molecule has 13 heavy (non-hydrogen) atoms. The van der Waals surface area contributed by atoms with E-state index in [4.69, 9.17) is 11.6 Å². The van der Waals surface area contributed by atoms with Crippen LogP contribution >= 0.6 is 23.4 Å². The second-order valence-electron chi connectivity index (χ2n) is 2.48. The Labute approximate surface area is 85.2 Å². The summed E-state index contributed by atoms with van der Waals surface area (Å²) in [6.45, 7) is 1.78. The fourth-order valence-corrected chi connectivity index (χ4v) is 2.04. The van der Waals surface area contributed by atoms with Crippen LogP contribution in [0.4, 0.5) is 5.69 Å². The number of hydrogen-bond donors (Lipinski definition) is 0. The Kier molecular flexibility index (Phi) is 3.17. The van der Waals surface area contributed by atoms with Crippen LogP contribution in [-0.2, 0) is 0 Å². The highest BCUT2D eigenvalue weighted by molar-refractivity contribution is 7.98. The lowest BCUT2D eigenvalue weighted by Crippen LogP contribution is -1.93. The minimum Gasteiger partial charge on any atom is -0.258 e. The van der Waals surface area contributed by atoms with Crippen molar-refractivity contribution < 1.29 is 4.92 Å². The van der Waals surface area contributed by atoms with Crippen LogP contribution in [0.2, 0.25) is 5.02 Å². The van der Waals surface area contributed by atoms with Crippen LogP contribution in [-0.4, -0.2) is 11.2 Å². The van der Waals surface area contributed by atoms with Gasteiger partial charge in [0.25, 0.3) is 5.69 Å². The summed E-state index contributed by atoms with van der Waals surface area (Å²) in [5.74, 6) is 0. The van der Waals surface area contributed by atoms with Gasteiger partial charge >= 0.3 is 0 Å². The Morgan fingerprint density at radius 2 is 2.15 bits per heavy atom. The number of nitrogens with zero attached hydrogens (tertiary/aromatic N) is 1. The summed E-state index contributed by atoms with van der Waals surface area (Å²) in [5.41, 5.74) is 0.887. The van der Waals surface area contributed by atoms with E-state index in [1.165, 1.54) is 17.8 Å². The fourth-order valence-electron chi connectivity index (χ4n) is 1.05. The first kappa shape index (κ1) is 10.3. The molecule has 0 radical (unpaired) electrons. The monoisotopic (exact) mass is 217 g/mol. The predicted molar refractivity (Wildman–Crippen MR) is 54.6 cm³/mol. The van der Waals surface area contributed by atoms with Gasteiger partial charge in [0.15, 0.2) is 0 Å².